The molecule has 2 aromatic rings. The van der Waals surface area contributed by atoms with Gasteiger partial charge in [-0.1, -0.05) is 12.1 Å². The molecule has 5 heteroatoms. The van der Waals surface area contributed by atoms with E-state index in [1.807, 2.05) is 37.3 Å². The summed E-state index contributed by atoms with van der Waals surface area (Å²) in [6.45, 7) is 2.36. The molecule has 1 aromatic carbocycles. The van der Waals surface area contributed by atoms with Crippen LogP contribution in [-0.4, -0.2) is 17.1 Å². The SMILES string of the molecule is COc1ccccc1Sc1nc(C)cc(CN)n1. The number of aryl methyl sites for hydroxylation is 1. The van der Waals surface area contributed by atoms with E-state index < -0.39 is 0 Å². The highest BCUT2D eigenvalue weighted by Gasteiger charge is 2.07. The highest BCUT2D eigenvalue weighted by molar-refractivity contribution is 7.99. The first-order valence-corrected chi connectivity index (χ1v) is 6.40. The molecule has 1 heterocycles. The Morgan fingerprint density at radius 3 is 2.78 bits per heavy atom. The topological polar surface area (TPSA) is 61.0 Å². The lowest BCUT2D eigenvalue weighted by molar-refractivity contribution is 0.405. The molecule has 2 rings (SSSR count). The van der Waals surface area contributed by atoms with E-state index in [0.29, 0.717) is 11.7 Å². The fraction of sp³-hybridized carbons (Fsp3) is 0.231. The number of aromatic nitrogens is 2. The summed E-state index contributed by atoms with van der Waals surface area (Å²) in [6, 6.07) is 9.70. The third kappa shape index (κ3) is 3.00. The standard InChI is InChI=1S/C13H15N3OS/c1-9-7-10(8-14)16-13(15-9)18-12-6-4-3-5-11(12)17-2/h3-7H,8,14H2,1-2H3. The van der Waals surface area contributed by atoms with E-state index >= 15 is 0 Å². The minimum absolute atomic E-state index is 0.419. The Balaban J connectivity index is 2.30. The summed E-state index contributed by atoms with van der Waals surface area (Å²) in [6.07, 6.45) is 0. The van der Waals surface area contributed by atoms with Crippen molar-refractivity contribution in [2.24, 2.45) is 5.73 Å². The molecule has 0 unspecified atom stereocenters. The number of hydrogen-bond acceptors (Lipinski definition) is 5. The summed E-state index contributed by atoms with van der Waals surface area (Å²) in [4.78, 5) is 9.78. The summed E-state index contributed by atoms with van der Waals surface area (Å²) in [5, 5.41) is 0.694. The van der Waals surface area contributed by atoms with Crippen LogP contribution in [0.4, 0.5) is 0 Å². The van der Waals surface area contributed by atoms with Gasteiger partial charge in [0.15, 0.2) is 5.16 Å². The molecule has 2 N–H and O–H groups in total. The fourth-order valence-electron chi connectivity index (χ4n) is 1.56. The van der Waals surface area contributed by atoms with Gasteiger partial charge >= 0.3 is 0 Å². The van der Waals surface area contributed by atoms with Gasteiger partial charge in [-0.3, -0.25) is 0 Å². The van der Waals surface area contributed by atoms with Crippen molar-refractivity contribution in [3.05, 3.63) is 41.7 Å². The predicted molar refractivity (Wildman–Crippen MR) is 71.8 cm³/mol. The van der Waals surface area contributed by atoms with E-state index in [-0.39, 0.29) is 0 Å². The molecule has 4 nitrogen and oxygen atoms in total. The first-order valence-electron chi connectivity index (χ1n) is 5.58. The van der Waals surface area contributed by atoms with Crippen molar-refractivity contribution in [1.29, 1.82) is 0 Å². The zero-order valence-electron chi connectivity index (χ0n) is 10.4. The molecule has 0 fully saturated rings. The normalized spacial score (nSPS) is 10.4. The van der Waals surface area contributed by atoms with Crippen LogP contribution in [0.5, 0.6) is 5.75 Å². The molecule has 1 aromatic heterocycles. The largest absolute Gasteiger partial charge is 0.496 e. The van der Waals surface area contributed by atoms with Crippen LogP contribution in [-0.2, 0) is 6.54 Å². The molecule has 0 atom stereocenters. The summed E-state index contributed by atoms with van der Waals surface area (Å²) >= 11 is 1.48. The van der Waals surface area contributed by atoms with Crippen molar-refractivity contribution in [2.45, 2.75) is 23.5 Å². The predicted octanol–water partition coefficient (Wildman–Crippen LogP) is 2.40. The highest BCUT2D eigenvalue weighted by Crippen LogP contribution is 2.32. The van der Waals surface area contributed by atoms with Crippen LogP contribution in [0.3, 0.4) is 0 Å². The van der Waals surface area contributed by atoms with Crippen molar-refractivity contribution in [3.8, 4) is 5.75 Å². The zero-order valence-corrected chi connectivity index (χ0v) is 11.2. The number of nitrogens with zero attached hydrogens (tertiary/aromatic N) is 2. The maximum atomic E-state index is 5.61. The maximum Gasteiger partial charge on any atom is 0.193 e. The van der Waals surface area contributed by atoms with E-state index in [2.05, 4.69) is 9.97 Å². The summed E-state index contributed by atoms with van der Waals surface area (Å²) in [7, 11) is 1.65. The fourth-order valence-corrected chi connectivity index (χ4v) is 2.50. The molecule has 0 aliphatic heterocycles. The Morgan fingerprint density at radius 1 is 1.28 bits per heavy atom. The van der Waals surface area contributed by atoms with Gasteiger partial charge in [-0.2, -0.15) is 0 Å². The van der Waals surface area contributed by atoms with E-state index in [1.54, 1.807) is 7.11 Å². The zero-order chi connectivity index (χ0) is 13.0. The van der Waals surface area contributed by atoms with Crippen molar-refractivity contribution in [1.82, 2.24) is 9.97 Å². The Morgan fingerprint density at radius 2 is 2.06 bits per heavy atom. The van der Waals surface area contributed by atoms with Crippen LogP contribution in [0.15, 0.2) is 40.4 Å². The Hall–Kier alpha value is -1.59. The minimum atomic E-state index is 0.419. The average molecular weight is 261 g/mol. The number of ether oxygens (including phenoxy) is 1. The van der Waals surface area contributed by atoms with Crippen LogP contribution in [0, 0.1) is 6.92 Å². The van der Waals surface area contributed by atoms with Gasteiger partial charge in [0.05, 0.1) is 17.7 Å². The lowest BCUT2D eigenvalue weighted by Crippen LogP contribution is -2.02. The second kappa shape index (κ2) is 5.84. The van der Waals surface area contributed by atoms with Crippen LogP contribution in [0.25, 0.3) is 0 Å². The van der Waals surface area contributed by atoms with Crippen molar-refractivity contribution in [3.63, 3.8) is 0 Å². The van der Waals surface area contributed by atoms with Gasteiger partial charge in [0, 0.05) is 12.2 Å². The molecule has 0 bridgehead atoms. The summed E-state index contributed by atoms with van der Waals surface area (Å²) in [5.41, 5.74) is 7.38. The smallest absolute Gasteiger partial charge is 0.193 e. The van der Waals surface area contributed by atoms with Crippen LogP contribution >= 0.6 is 11.8 Å². The van der Waals surface area contributed by atoms with Gasteiger partial charge in [0.1, 0.15) is 5.75 Å². The molecule has 0 radical (unpaired) electrons. The molecule has 0 saturated heterocycles. The highest BCUT2D eigenvalue weighted by atomic mass is 32.2. The van der Waals surface area contributed by atoms with Crippen molar-refractivity contribution < 1.29 is 4.74 Å². The first-order chi connectivity index (χ1) is 8.72. The number of methoxy groups -OCH3 is 1. The lowest BCUT2D eigenvalue weighted by Gasteiger charge is -2.07. The monoisotopic (exact) mass is 261 g/mol. The van der Waals surface area contributed by atoms with Gasteiger partial charge in [0.25, 0.3) is 0 Å². The number of hydrogen-bond donors (Lipinski definition) is 1. The quantitative estimate of drug-likeness (QED) is 0.856. The van der Waals surface area contributed by atoms with E-state index in [0.717, 1.165) is 22.0 Å². The molecule has 0 aliphatic rings. The number of benzene rings is 1. The molecule has 0 aliphatic carbocycles. The van der Waals surface area contributed by atoms with E-state index in [1.165, 1.54) is 11.8 Å². The maximum absolute atomic E-state index is 5.61. The van der Waals surface area contributed by atoms with Crippen molar-refractivity contribution in [2.75, 3.05) is 7.11 Å². The second-order valence-corrected chi connectivity index (χ2v) is 4.75. The molecule has 0 spiro atoms. The third-order valence-corrected chi connectivity index (χ3v) is 3.29. The van der Waals surface area contributed by atoms with Crippen LogP contribution in [0.1, 0.15) is 11.4 Å². The Bertz CT molecular complexity index is 546. The van der Waals surface area contributed by atoms with Crippen LogP contribution in [0.2, 0.25) is 0 Å². The first kappa shape index (κ1) is 12.9. The Kier molecular flexibility index (Phi) is 4.17. The third-order valence-electron chi connectivity index (χ3n) is 2.37. The van der Waals surface area contributed by atoms with Crippen LogP contribution < -0.4 is 10.5 Å². The van der Waals surface area contributed by atoms with Gasteiger partial charge in [-0.15, -0.1) is 0 Å². The molecule has 94 valence electrons. The average Bonchev–Trinajstić information content (AvgIpc) is 2.38. The van der Waals surface area contributed by atoms with Gasteiger partial charge in [0.2, 0.25) is 0 Å². The molecule has 18 heavy (non-hydrogen) atoms. The van der Waals surface area contributed by atoms with Gasteiger partial charge in [-0.05, 0) is 36.9 Å². The summed E-state index contributed by atoms with van der Waals surface area (Å²) in [5.74, 6) is 0.821. The second-order valence-electron chi connectivity index (χ2n) is 3.74. The minimum Gasteiger partial charge on any atom is -0.496 e. The Labute approximate surface area is 111 Å². The summed E-state index contributed by atoms with van der Waals surface area (Å²) < 4.78 is 5.30. The number of para-hydroxylation sites is 1. The molecule has 0 amide bonds. The van der Waals surface area contributed by atoms with Gasteiger partial charge in [-0.25, -0.2) is 9.97 Å². The molecular formula is C13H15N3OS. The molecular weight excluding hydrogens is 246 g/mol. The van der Waals surface area contributed by atoms with E-state index in [4.69, 9.17) is 10.5 Å². The molecule has 0 saturated carbocycles. The van der Waals surface area contributed by atoms with Gasteiger partial charge < -0.3 is 10.5 Å². The number of rotatable bonds is 4. The lowest BCUT2D eigenvalue weighted by atomic mass is 10.3. The van der Waals surface area contributed by atoms with Crippen molar-refractivity contribution >= 4 is 11.8 Å². The van der Waals surface area contributed by atoms with E-state index in [9.17, 15) is 0 Å². The number of nitrogens with two attached hydrogens (primary N) is 1.